The molecule has 0 aromatic carbocycles. The fourth-order valence-electron chi connectivity index (χ4n) is 6.89. The number of hydrogen-bond donors (Lipinski definition) is 1. The van der Waals surface area contributed by atoms with E-state index in [0.717, 1.165) is 32.1 Å². The van der Waals surface area contributed by atoms with Gasteiger partial charge in [0, 0.05) is 13.1 Å². The first-order valence-corrected chi connectivity index (χ1v) is 14.5. The summed E-state index contributed by atoms with van der Waals surface area (Å²) >= 11 is 0. The molecule has 38 heavy (non-hydrogen) atoms. The van der Waals surface area contributed by atoms with Gasteiger partial charge in [-0.2, -0.15) is 0 Å². The highest BCUT2D eigenvalue weighted by atomic mass is 16.6. The van der Waals surface area contributed by atoms with Crippen LogP contribution in [0.3, 0.4) is 0 Å². The van der Waals surface area contributed by atoms with E-state index in [1.54, 1.807) is 15.9 Å². The Morgan fingerprint density at radius 1 is 1.21 bits per heavy atom. The minimum atomic E-state index is -1.12. The van der Waals surface area contributed by atoms with Crippen LogP contribution in [0.5, 0.6) is 0 Å². The molecule has 6 atom stereocenters. The molecule has 3 rings (SSSR count). The standard InChI is InChI=1S/C30H48N2O6/c1-7-11-13-14-19-37-28(36)24-23-26(34)32(22(20-33)21(5)6)25(27(35)31(17-9-3)18-12-8-2)30(23)16-15-29(24,10-4)38-30/h7,9,21-25,33H,1,3,8,10-20H2,2,4-6H3/t22-,23-,24-,25?,29+,30?/m0/s1. The number of carbonyl (C=O) groups excluding carboxylic acids is 3. The predicted octanol–water partition coefficient (Wildman–Crippen LogP) is 3.87. The fraction of sp³-hybridized carbons (Fsp3) is 0.767. The van der Waals surface area contributed by atoms with E-state index in [2.05, 4.69) is 20.1 Å². The monoisotopic (exact) mass is 532 g/mol. The van der Waals surface area contributed by atoms with E-state index in [1.165, 1.54) is 0 Å². The van der Waals surface area contributed by atoms with Crippen molar-refractivity contribution in [2.45, 2.75) is 102 Å². The molecule has 3 aliphatic heterocycles. The number of hydrogen-bond acceptors (Lipinski definition) is 6. The molecule has 3 aliphatic rings. The van der Waals surface area contributed by atoms with Crippen LogP contribution in [0, 0.1) is 17.8 Å². The van der Waals surface area contributed by atoms with Crippen LogP contribution in [-0.4, -0.2) is 82.3 Å². The molecule has 0 aromatic heterocycles. The van der Waals surface area contributed by atoms with Crippen molar-refractivity contribution >= 4 is 17.8 Å². The van der Waals surface area contributed by atoms with E-state index in [1.807, 2.05) is 26.8 Å². The third-order valence-electron chi connectivity index (χ3n) is 8.91. The molecule has 3 fully saturated rings. The van der Waals surface area contributed by atoms with Gasteiger partial charge in [0.2, 0.25) is 11.8 Å². The Hall–Kier alpha value is -2.19. The van der Waals surface area contributed by atoms with Crippen molar-refractivity contribution in [3.63, 3.8) is 0 Å². The Labute approximate surface area is 228 Å². The smallest absolute Gasteiger partial charge is 0.312 e. The highest BCUT2D eigenvalue weighted by Gasteiger charge is 2.79. The average molecular weight is 533 g/mol. The molecular weight excluding hydrogens is 484 g/mol. The highest BCUT2D eigenvalue weighted by molar-refractivity contribution is 5.98. The number of allylic oxidation sites excluding steroid dienone is 1. The maximum atomic E-state index is 14.3. The van der Waals surface area contributed by atoms with Crippen LogP contribution < -0.4 is 0 Å². The molecule has 0 aliphatic carbocycles. The number of esters is 1. The molecule has 0 radical (unpaired) electrons. The van der Waals surface area contributed by atoms with E-state index in [0.29, 0.717) is 32.4 Å². The van der Waals surface area contributed by atoms with Crippen LogP contribution in [0.15, 0.2) is 25.3 Å². The number of rotatable bonds is 16. The Kier molecular flexibility index (Phi) is 10.2. The van der Waals surface area contributed by atoms with Crippen LogP contribution in [0.1, 0.15) is 79.1 Å². The van der Waals surface area contributed by atoms with Crippen LogP contribution in [-0.2, 0) is 23.9 Å². The predicted molar refractivity (Wildman–Crippen MR) is 146 cm³/mol. The van der Waals surface area contributed by atoms with Gasteiger partial charge in [0.05, 0.1) is 30.8 Å². The average Bonchev–Trinajstić information content (AvgIpc) is 3.50. The Morgan fingerprint density at radius 3 is 2.53 bits per heavy atom. The summed E-state index contributed by atoms with van der Waals surface area (Å²) in [7, 11) is 0. The molecule has 8 nitrogen and oxygen atoms in total. The zero-order valence-electron chi connectivity index (χ0n) is 23.8. The highest BCUT2D eigenvalue weighted by Crippen LogP contribution is 2.65. The maximum absolute atomic E-state index is 14.3. The zero-order valence-corrected chi connectivity index (χ0v) is 23.8. The number of aliphatic hydroxyl groups is 1. The van der Waals surface area contributed by atoms with Gasteiger partial charge in [-0.05, 0) is 50.9 Å². The van der Waals surface area contributed by atoms with Crippen molar-refractivity contribution in [2.24, 2.45) is 17.8 Å². The van der Waals surface area contributed by atoms with Crippen LogP contribution in [0.2, 0.25) is 0 Å². The van der Waals surface area contributed by atoms with Gasteiger partial charge < -0.3 is 24.4 Å². The summed E-state index contributed by atoms with van der Waals surface area (Å²) in [6, 6.07) is -1.47. The molecule has 3 heterocycles. The fourth-order valence-corrected chi connectivity index (χ4v) is 6.89. The topological polar surface area (TPSA) is 96.4 Å². The normalized spacial score (nSPS) is 30.4. The van der Waals surface area contributed by atoms with Crippen molar-refractivity contribution in [1.82, 2.24) is 9.80 Å². The molecular formula is C30H48N2O6. The first-order chi connectivity index (χ1) is 18.2. The first-order valence-electron chi connectivity index (χ1n) is 14.5. The molecule has 1 spiro atoms. The Morgan fingerprint density at radius 2 is 1.95 bits per heavy atom. The van der Waals surface area contributed by atoms with E-state index < -0.39 is 41.1 Å². The zero-order chi connectivity index (χ0) is 28.1. The summed E-state index contributed by atoms with van der Waals surface area (Å²) in [6.07, 6.45) is 9.37. The maximum Gasteiger partial charge on any atom is 0.312 e. The lowest BCUT2D eigenvalue weighted by Crippen LogP contribution is -2.59. The van der Waals surface area contributed by atoms with Crippen LogP contribution in [0.4, 0.5) is 0 Å². The van der Waals surface area contributed by atoms with E-state index >= 15 is 0 Å². The van der Waals surface area contributed by atoms with Gasteiger partial charge in [-0.1, -0.05) is 46.3 Å². The molecule has 2 bridgehead atoms. The molecule has 214 valence electrons. The van der Waals surface area contributed by atoms with Crippen LogP contribution >= 0.6 is 0 Å². The second-order valence-electron chi connectivity index (χ2n) is 11.5. The van der Waals surface area contributed by atoms with E-state index in [9.17, 15) is 19.5 Å². The summed E-state index contributed by atoms with van der Waals surface area (Å²) in [5.41, 5.74) is -1.95. The number of unbranched alkanes of at least 4 members (excludes halogenated alkanes) is 3. The van der Waals surface area contributed by atoms with Crippen LogP contribution in [0.25, 0.3) is 0 Å². The van der Waals surface area contributed by atoms with Gasteiger partial charge in [0.1, 0.15) is 17.6 Å². The molecule has 1 N–H and O–H groups in total. The number of amides is 2. The Bertz CT molecular complexity index is 890. The number of ether oxygens (including phenoxy) is 2. The largest absolute Gasteiger partial charge is 0.465 e. The summed E-state index contributed by atoms with van der Waals surface area (Å²) in [5, 5.41) is 10.4. The number of carbonyl (C=O) groups is 3. The summed E-state index contributed by atoms with van der Waals surface area (Å²) < 4.78 is 12.5. The van der Waals surface area contributed by atoms with Gasteiger partial charge >= 0.3 is 5.97 Å². The summed E-state index contributed by atoms with van der Waals surface area (Å²) in [5.74, 6) is -2.57. The number of aliphatic hydroxyl groups excluding tert-OH is 1. The molecule has 8 heteroatoms. The van der Waals surface area contributed by atoms with Crippen molar-refractivity contribution in [2.75, 3.05) is 26.3 Å². The number of fused-ring (bicyclic) bond motifs is 1. The molecule has 3 saturated heterocycles. The molecule has 2 unspecified atom stereocenters. The lowest BCUT2D eigenvalue weighted by atomic mass is 9.65. The summed E-state index contributed by atoms with van der Waals surface area (Å²) in [6.45, 7) is 16.4. The third-order valence-corrected chi connectivity index (χ3v) is 8.91. The third kappa shape index (κ3) is 5.18. The van der Waals surface area contributed by atoms with Crippen molar-refractivity contribution in [1.29, 1.82) is 0 Å². The van der Waals surface area contributed by atoms with Gasteiger partial charge in [-0.25, -0.2) is 0 Å². The van der Waals surface area contributed by atoms with Gasteiger partial charge in [-0.3, -0.25) is 14.4 Å². The second-order valence-corrected chi connectivity index (χ2v) is 11.5. The molecule has 2 amide bonds. The molecule has 0 saturated carbocycles. The minimum Gasteiger partial charge on any atom is -0.465 e. The van der Waals surface area contributed by atoms with E-state index in [4.69, 9.17) is 9.47 Å². The lowest BCUT2D eigenvalue weighted by molar-refractivity contribution is -0.164. The SMILES string of the molecule is C=CCCCCOC(=O)[C@@H]1[C@H]2C(=O)N([C@@H](CO)C(C)C)C(C(=O)N(CC=C)CCCC)C23CC[C@@]1(CC)O3. The van der Waals surface area contributed by atoms with Crippen molar-refractivity contribution in [3.8, 4) is 0 Å². The van der Waals surface area contributed by atoms with Gasteiger partial charge in [-0.15, -0.1) is 13.2 Å². The van der Waals surface area contributed by atoms with Crippen molar-refractivity contribution in [3.05, 3.63) is 25.3 Å². The second kappa shape index (κ2) is 12.8. The van der Waals surface area contributed by atoms with E-state index in [-0.39, 0.29) is 30.9 Å². The van der Waals surface area contributed by atoms with Gasteiger partial charge in [0.15, 0.2) is 0 Å². The number of likely N-dealkylation sites (tertiary alicyclic amines) is 1. The van der Waals surface area contributed by atoms with Gasteiger partial charge in [0.25, 0.3) is 0 Å². The Balaban J connectivity index is 2.04. The lowest BCUT2D eigenvalue weighted by Gasteiger charge is -2.40. The number of nitrogens with zero attached hydrogens (tertiary/aromatic N) is 2. The summed E-state index contributed by atoms with van der Waals surface area (Å²) in [4.78, 5) is 45.5. The quantitative estimate of drug-likeness (QED) is 0.184. The minimum absolute atomic E-state index is 0.0921. The first kappa shape index (κ1) is 30.4. The molecule has 0 aromatic rings. The van der Waals surface area contributed by atoms with Crippen molar-refractivity contribution < 1.29 is 29.0 Å².